The molecule has 0 aliphatic rings. The molecule has 36 heavy (non-hydrogen) atoms. The molecule has 4 heterocycles. The molecule has 2 aromatic carbocycles. The van der Waals surface area contributed by atoms with Crippen molar-refractivity contribution in [3.8, 4) is 39.5 Å². The Morgan fingerprint density at radius 1 is 0.861 bits per heavy atom. The van der Waals surface area contributed by atoms with E-state index in [1.807, 2.05) is 88.9 Å². The van der Waals surface area contributed by atoms with Gasteiger partial charge in [0.2, 0.25) is 0 Å². The largest absolute Gasteiger partial charge is 0.497 e. The topological polar surface area (TPSA) is 74.3 Å². The van der Waals surface area contributed by atoms with Gasteiger partial charge in [0.15, 0.2) is 0 Å². The summed E-state index contributed by atoms with van der Waals surface area (Å²) in [5.41, 5.74) is 5.90. The maximum absolute atomic E-state index is 12.8. The van der Waals surface area contributed by atoms with Crippen molar-refractivity contribution < 1.29 is 4.74 Å². The summed E-state index contributed by atoms with van der Waals surface area (Å²) in [7, 11) is 1.64. The number of aromatic nitrogens is 5. The molecule has 8 heteroatoms. The second-order valence-corrected chi connectivity index (χ2v) is 9.14. The van der Waals surface area contributed by atoms with Crippen LogP contribution in [-0.4, -0.2) is 31.5 Å². The highest BCUT2D eigenvalue weighted by molar-refractivity contribution is 7.09. The fourth-order valence-electron chi connectivity index (χ4n) is 4.17. The summed E-state index contributed by atoms with van der Waals surface area (Å²) in [5, 5.41) is 12.3. The summed E-state index contributed by atoms with van der Waals surface area (Å²) >= 11 is 1.50. The predicted octanol–water partition coefficient (Wildman–Crippen LogP) is 5.41. The molecule has 6 rings (SSSR count). The monoisotopic (exact) mass is 491 g/mol. The van der Waals surface area contributed by atoms with E-state index in [-0.39, 0.29) is 12.1 Å². The van der Waals surface area contributed by atoms with Crippen LogP contribution < -0.4 is 10.3 Å². The van der Waals surface area contributed by atoms with Gasteiger partial charge < -0.3 is 4.74 Å². The standard InChI is InChI=1S/C28H21N5O2S/c1-35-21-11-7-10-20(16-21)23-18-36-25(29-23)17-33-26(34)14-13-22(30-33)27-24-12-5-6-15-32(24)31-28(27)19-8-3-2-4-9-19/h2-16,18H,17H2,1H3. The Balaban J connectivity index is 1.40. The van der Waals surface area contributed by atoms with Crippen LogP contribution in [0.5, 0.6) is 5.75 Å². The molecule has 0 radical (unpaired) electrons. The minimum Gasteiger partial charge on any atom is -0.497 e. The van der Waals surface area contributed by atoms with E-state index in [0.29, 0.717) is 5.69 Å². The highest BCUT2D eigenvalue weighted by Crippen LogP contribution is 2.33. The first kappa shape index (κ1) is 21.9. The van der Waals surface area contributed by atoms with Gasteiger partial charge in [-0.1, -0.05) is 48.5 Å². The van der Waals surface area contributed by atoms with Gasteiger partial charge in [0, 0.05) is 28.8 Å². The zero-order chi connectivity index (χ0) is 24.5. The van der Waals surface area contributed by atoms with E-state index >= 15 is 0 Å². The lowest BCUT2D eigenvalue weighted by atomic mass is 10.0. The smallest absolute Gasteiger partial charge is 0.267 e. The maximum Gasteiger partial charge on any atom is 0.267 e. The predicted molar refractivity (Wildman–Crippen MR) is 141 cm³/mol. The van der Waals surface area contributed by atoms with Crippen LogP contribution in [0.3, 0.4) is 0 Å². The molecule has 0 amide bonds. The van der Waals surface area contributed by atoms with Gasteiger partial charge in [-0.05, 0) is 30.3 Å². The number of hydrogen-bond acceptors (Lipinski definition) is 6. The molecule has 0 saturated heterocycles. The van der Waals surface area contributed by atoms with E-state index in [1.165, 1.54) is 16.0 Å². The molecule has 6 aromatic rings. The molecule has 4 aromatic heterocycles. The Kier molecular flexibility index (Phi) is 5.63. The molecule has 0 aliphatic heterocycles. The highest BCUT2D eigenvalue weighted by atomic mass is 32.1. The van der Waals surface area contributed by atoms with Crippen molar-refractivity contribution in [2.75, 3.05) is 7.11 Å². The van der Waals surface area contributed by atoms with E-state index in [9.17, 15) is 4.79 Å². The van der Waals surface area contributed by atoms with Gasteiger partial charge in [0.05, 0.1) is 36.1 Å². The number of thiazole rings is 1. The molecule has 0 fully saturated rings. The lowest BCUT2D eigenvalue weighted by Crippen LogP contribution is -2.22. The first-order chi connectivity index (χ1) is 17.7. The summed E-state index contributed by atoms with van der Waals surface area (Å²) in [6.45, 7) is 0.279. The van der Waals surface area contributed by atoms with E-state index < -0.39 is 0 Å². The lowest BCUT2D eigenvalue weighted by molar-refractivity contribution is 0.415. The van der Waals surface area contributed by atoms with Gasteiger partial charge in [0.25, 0.3) is 5.56 Å². The van der Waals surface area contributed by atoms with Crippen LogP contribution in [0.25, 0.3) is 39.3 Å². The van der Waals surface area contributed by atoms with Crippen LogP contribution in [0, 0.1) is 0 Å². The normalized spacial score (nSPS) is 11.1. The van der Waals surface area contributed by atoms with E-state index in [2.05, 4.69) is 0 Å². The highest BCUT2D eigenvalue weighted by Gasteiger charge is 2.18. The number of methoxy groups -OCH3 is 1. The van der Waals surface area contributed by atoms with Crippen molar-refractivity contribution in [2.24, 2.45) is 0 Å². The first-order valence-electron chi connectivity index (χ1n) is 11.4. The first-order valence-corrected chi connectivity index (χ1v) is 12.3. The number of benzene rings is 2. The van der Waals surface area contributed by atoms with Gasteiger partial charge in [0.1, 0.15) is 16.5 Å². The Labute approximate surface area is 210 Å². The van der Waals surface area contributed by atoms with Crippen molar-refractivity contribution in [1.29, 1.82) is 0 Å². The molecular formula is C28H21N5O2S. The lowest BCUT2D eigenvalue weighted by Gasteiger charge is -2.07. The summed E-state index contributed by atoms with van der Waals surface area (Å²) in [5.74, 6) is 0.773. The van der Waals surface area contributed by atoms with Gasteiger partial charge >= 0.3 is 0 Å². The molecule has 0 N–H and O–H groups in total. The number of rotatable bonds is 6. The summed E-state index contributed by atoms with van der Waals surface area (Å²) in [6, 6.07) is 27.0. The summed E-state index contributed by atoms with van der Waals surface area (Å²) in [4.78, 5) is 17.5. The number of nitrogens with zero attached hydrogens (tertiary/aromatic N) is 5. The average molecular weight is 492 g/mol. The number of ether oxygens (including phenoxy) is 1. The molecule has 176 valence electrons. The fraction of sp³-hybridized carbons (Fsp3) is 0.0714. The fourth-order valence-corrected chi connectivity index (χ4v) is 4.96. The Bertz CT molecular complexity index is 1740. The van der Waals surface area contributed by atoms with E-state index in [0.717, 1.165) is 44.4 Å². The van der Waals surface area contributed by atoms with Gasteiger partial charge in [-0.25, -0.2) is 14.2 Å². The zero-order valence-corrected chi connectivity index (χ0v) is 20.2. The van der Waals surface area contributed by atoms with Crippen molar-refractivity contribution in [3.05, 3.63) is 112 Å². The van der Waals surface area contributed by atoms with Crippen LogP contribution in [0.2, 0.25) is 0 Å². The third-order valence-corrected chi connectivity index (χ3v) is 6.75. The summed E-state index contributed by atoms with van der Waals surface area (Å²) < 4.78 is 8.63. The molecule has 0 bridgehead atoms. The van der Waals surface area contributed by atoms with Crippen LogP contribution in [0.15, 0.2) is 101 Å². The minimum absolute atomic E-state index is 0.186. The molecule has 0 unspecified atom stereocenters. The number of hydrogen-bond donors (Lipinski definition) is 0. The van der Waals surface area contributed by atoms with E-state index in [1.54, 1.807) is 19.2 Å². The zero-order valence-electron chi connectivity index (χ0n) is 19.4. The second-order valence-electron chi connectivity index (χ2n) is 8.19. The molecule has 0 spiro atoms. The van der Waals surface area contributed by atoms with E-state index in [4.69, 9.17) is 19.9 Å². The molecular weight excluding hydrogens is 470 g/mol. The Morgan fingerprint density at radius 2 is 1.69 bits per heavy atom. The van der Waals surface area contributed by atoms with Crippen molar-refractivity contribution >= 4 is 16.9 Å². The van der Waals surface area contributed by atoms with Crippen LogP contribution in [0.4, 0.5) is 0 Å². The molecule has 0 aliphatic carbocycles. The van der Waals surface area contributed by atoms with Gasteiger partial charge in [-0.3, -0.25) is 4.79 Å². The van der Waals surface area contributed by atoms with Gasteiger partial charge in [-0.15, -0.1) is 11.3 Å². The van der Waals surface area contributed by atoms with Crippen LogP contribution in [0.1, 0.15) is 5.01 Å². The molecule has 7 nitrogen and oxygen atoms in total. The SMILES string of the molecule is COc1cccc(-c2csc(Cn3nc(-c4c(-c5ccccc5)nn5ccccc45)ccc3=O)n2)c1. The molecule has 0 saturated carbocycles. The van der Waals surface area contributed by atoms with Crippen molar-refractivity contribution in [3.63, 3.8) is 0 Å². The Morgan fingerprint density at radius 3 is 2.56 bits per heavy atom. The van der Waals surface area contributed by atoms with Crippen LogP contribution in [-0.2, 0) is 6.54 Å². The van der Waals surface area contributed by atoms with Gasteiger partial charge in [-0.2, -0.15) is 10.2 Å². The number of fused-ring (bicyclic) bond motifs is 1. The van der Waals surface area contributed by atoms with Crippen LogP contribution >= 0.6 is 11.3 Å². The molecule has 0 atom stereocenters. The third-order valence-electron chi connectivity index (χ3n) is 5.91. The number of pyridine rings is 1. The Hall–Kier alpha value is -4.56. The summed E-state index contributed by atoms with van der Waals surface area (Å²) in [6.07, 6.45) is 1.91. The minimum atomic E-state index is -0.186. The van der Waals surface area contributed by atoms with Crippen molar-refractivity contribution in [1.82, 2.24) is 24.4 Å². The average Bonchev–Trinajstić information content (AvgIpc) is 3.56. The van der Waals surface area contributed by atoms with Crippen molar-refractivity contribution in [2.45, 2.75) is 6.54 Å². The third kappa shape index (κ3) is 4.08. The second kappa shape index (κ2) is 9.24. The maximum atomic E-state index is 12.8. The quantitative estimate of drug-likeness (QED) is 0.312.